The molecule has 1 aromatic rings. The highest BCUT2D eigenvalue weighted by molar-refractivity contribution is 5.33. The topological polar surface area (TPSA) is 32.3 Å². The summed E-state index contributed by atoms with van der Waals surface area (Å²) in [6.07, 6.45) is 2.48. The fourth-order valence-corrected chi connectivity index (χ4v) is 2.11. The summed E-state index contributed by atoms with van der Waals surface area (Å²) in [6.45, 7) is 3.39. The summed E-state index contributed by atoms with van der Waals surface area (Å²) in [5.41, 5.74) is 3.69. The van der Waals surface area contributed by atoms with Crippen LogP contribution in [-0.2, 0) is 6.61 Å². The molecule has 0 unspecified atom stereocenters. The van der Waals surface area contributed by atoms with Gasteiger partial charge in [0.15, 0.2) is 0 Å². The van der Waals surface area contributed by atoms with E-state index in [1.165, 1.54) is 24.0 Å². The third kappa shape index (κ3) is 1.81. The predicted molar refractivity (Wildman–Crippen MR) is 57.1 cm³/mol. The van der Waals surface area contributed by atoms with E-state index in [9.17, 15) is 0 Å². The maximum absolute atomic E-state index is 9.08. The molecule has 1 atom stereocenters. The number of aliphatic hydroxyl groups excluding tert-OH is 1. The first-order valence-corrected chi connectivity index (χ1v) is 5.25. The normalized spacial score (nSPS) is 21.4. The fourth-order valence-electron chi connectivity index (χ4n) is 2.11. The Balaban J connectivity index is 2.29. The zero-order chi connectivity index (χ0) is 9.97. The summed E-state index contributed by atoms with van der Waals surface area (Å²) >= 11 is 0. The molecule has 1 fully saturated rings. The van der Waals surface area contributed by atoms with Gasteiger partial charge in [0.1, 0.15) is 0 Å². The minimum Gasteiger partial charge on any atom is -0.392 e. The zero-order valence-corrected chi connectivity index (χ0v) is 8.59. The van der Waals surface area contributed by atoms with Crippen LogP contribution in [0.15, 0.2) is 18.2 Å². The maximum atomic E-state index is 9.08. The van der Waals surface area contributed by atoms with Crippen LogP contribution in [0.2, 0.25) is 0 Å². The van der Waals surface area contributed by atoms with Gasteiger partial charge in [0.25, 0.3) is 0 Å². The molecule has 0 spiro atoms. The molecule has 2 heteroatoms. The van der Waals surface area contributed by atoms with Crippen LogP contribution in [0.5, 0.6) is 0 Å². The van der Waals surface area contributed by atoms with Gasteiger partial charge in [0.05, 0.1) is 6.61 Å². The van der Waals surface area contributed by atoms with Gasteiger partial charge in [-0.1, -0.05) is 18.2 Å². The first-order chi connectivity index (χ1) is 6.81. The van der Waals surface area contributed by atoms with Gasteiger partial charge >= 0.3 is 0 Å². The lowest BCUT2D eigenvalue weighted by molar-refractivity contribution is 0.281. The second-order valence-corrected chi connectivity index (χ2v) is 4.00. The third-order valence-electron chi connectivity index (χ3n) is 2.96. The molecule has 14 heavy (non-hydrogen) atoms. The van der Waals surface area contributed by atoms with E-state index >= 15 is 0 Å². The molecule has 1 aliphatic heterocycles. The van der Waals surface area contributed by atoms with Gasteiger partial charge in [-0.15, -0.1) is 0 Å². The van der Waals surface area contributed by atoms with Gasteiger partial charge in [-0.05, 0) is 43.0 Å². The van der Waals surface area contributed by atoms with Crippen molar-refractivity contribution in [3.05, 3.63) is 34.9 Å². The van der Waals surface area contributed by atoms with Crippen molar-refractivity contribution in [2.45, 2.75) is 32.4 Å². The highest BCUT2D eigenvalue weighted by Gasteiger charge is 2.17. The summed E-state index contributed by atoms with van der Waals surface area (Å²) < 4.78 is 0. The monoisotopic (exact) mass is 191 g/mol. The van der Waals surface area contributed by atoms with Crippen LogP contribution >= 0.6 is 0 Å². The lowest BCUT2D eigenvalue weighted by atomic mass is 9.98. The van der Waals surface area contributed by atoms with Crippen molar-refractivity contribution in [3.8, 4) is 0 Å². The Hall–Kier alpha value is -0.860. The van der Waals surface area contributed by atoms with E-state index in [1.54, 1.807) is 0 Å². The van der Waals surface area contributed by atoms with E-state index in [2.05, 4.69) is 24.4 Å². The Morgan fingerprint density at radius 1 is 1.50 bits per heavy atom. The zero-order valence-electron chi connectivity index (χ0n) is 8.59. The van der Waals surface area contributed by atoms with E-state index in [4.69, 9.17) is 5.11 Å². The highest BCUT2D eigenvalue weighted by Crippen LogP contribution is 2.26. The van der Waals surface area contributed by atoms with Crippen molar-refractivity contribution in [3.63, 3.8) is 0 Å². The van der Waals surface area contributed by atoms with Crippen LogP contribution < -0.4 is 5.32 Å². The van der Waals surface area contributed by atoms with E-state index in [1.807, 2.05) is 6.07 Å². The molecule has 0 radical (unpaired) electrons. The largest absolute Gasteiger partial charge is 0.392 e. The predicted octanol–water partition coefficient (Wildman–Crippen LogP) is 1.91. The van der Waals surface area contributed by atoms with E-state index < -0.39 is 0 Å². The number of aliphatic hydroxyl groups is 1. The molecule has 76 valence electrons. The molecule has 0 saturated carbocycles. The van der Waals surface area contributed by atoms with Crippen molar-refractivity contribution in [1.29, 1.82) is 0 Å². The van der Waals surface area contributed by atoms with Crippen LogP contribution in [0.4, 0.5) is 0 Å². The van der Waals surface area contributed by atoms with Crippen molar-refractivity contribution in [2.24, 2.45) is 0 Å². The van der Waals surface area contributed by atoms with Crippen molar-refractivity contribution in [1.82, 2.24) is 5.32 Å². The number of rotatable bonds is 2. The molecule has 0 aliphatic carbocycles. The Labute approximate surface area is 85.0 Å². The molecule has 1 aromatic carbocycles. The summed E-state index contributed by atoms with van der Waals surface area (Å²) in [6, 6.07) is 6.72. The van der Waals surface area contributed by atoms with E-state index in [-0.39, 0.29) is 6.61 Å². The summed E-state index contributed by atoms with van der Waals surface area (Å²) in [5.74, 6) is 0. The first kappa shape index (κ1) is 9.69. The van der Waals surface area contributed by atoms with E-state index in [0.29, 0.717) is 6.04 Å². The number of hydrogen-bond acceptors (Lipinski definition) is 2. The van der Waals surface area contributed by atoms with Gasteiger partial charge < -0.3 is 10.4 Å². The average Bonchev–Trinajstić information content (AvgIpc) is 2.71. The minimum atomic E-state index is 0.139. The van der Waals surface area contributed by atoms with Crippen LogP contribution in [0.1, 0.15) is 35.6 Å². The molecule has 1 heterocycles. The van der Waals surface area contributed by atoms with Gasteiger partial charge in [-0.25, -0.2) is 0 Å². The second-order valence-electron chi connectivity index (χ2n) is 4.00. The SMILES string of the molecule is Cc1ccc(CO)cc1[C@@H]1CCCN1. The molecule has 2 N–H and O–H groups in total. The number of nitrogens with one attached hydrogen (secondary N) is 1. The van der Waals surface area contributed by atoms with Crippen molar-refractivity contribution < 1.29 is 5.11 Å². The molecule has 2 rings (SSSR count). The number of hydrogen-bond donors (Lipinski definition) is 2. The minimum absolute atomic E-state index is 0.139. The number of benzene rings is 1. The molecule has 1 saturated heterocycles. The van der Waals surface area contributed by atoms with Crippen molar-refractivity contribution in [2.75, 3.05) is 6.54 Å². The van der Waals surface area contributed by atoms with Crippen LogP contribution in [-0.4, -0.2) is 11.7 Å². The Bertz CT molecular complexity index is 316. The Morgan fingerprint density at radius 2 is 2.36 bits per heavy atom. The molecular formula is C12H17NO. The van der Waals surface area contributed by atoms with Gasteiger partial charge in [-0.3, -0.25) is 0 Å². The standard InChI is InChI=1S/C12H17NO/c1-9-4-5-10(8-14)7-11(9)12-3-2-6-13-12/h4-5,7,12-14H,2-3,6,8H2,1H3/t12-/m0/s1. The third-order valence-corrected chi connectivity index (χ3v) is 2.96. The molecule has 0 amide bonds. The smallest absolute Gasteiger partial charge is 0.0681 e. The lowest BCUT2D eigenvalue weighted by Gasteiger charge is -2.14. The molecule has 1 aliphatic rings. The quantitative estimate of drug-likeness (QED) is 0.748. The van der Waals surface area contributed by atoms with Crippen LogP contribution in [0.25, 0.3) is 0 Å². The summed E-state index contributed by atoms with van der Waals surface area (Å²) in [4.78, 5) is 0. The first-order valence-electron chi connectivity index (χ1n) is 5.25. The Kier molecular flexibility index (Phi) is 2.85. The van der Waals surface area contributed by atoms with Crippen LogP contribution in [0.3, 0.4) is 0 Å². The summed E-state index contributed by atoms with van der Waals surface area (Å²) in [7, 11) is 0. The lowest BCUT2D eigenvalue weighted by Crippen LogP contribution is -2.14. The molecule has 0 aromatic heterocycles. The molecule has 0 bridgehead atoms. The fraction of sp³-hybridized carbons (Fsp3) is 0.500. The molecular weight excluding hydrogens is 174 g/mol. The van der Waals surface area contributed by atoms with E-state index in [0.717, 1.165) is 12.1 Å². The average molecular weight is 191 g/mol. The highest BCUT2D eigenvalue weighted by atomic mass is 16.3. The summed E-state index contributed by atoms with van der Waals surface area (Å²) in [5, 5.41) is 12.6. The van der Waals surface area contributed by atoms with Gasteiger partial charge in [0.2, 0.25) is 0 Å². The Morgan fingerprint density at radius 3 is 3.00 bits per heavy atom. The van der Waals surface area contributed by atoms with Crippen molar-refractivity contribution >= 4 is 0 Å². The number of aryl methyl sites for hydroxylation is 1. The maximum Gasteiger partial charge on any atom is 0.0681 e. The van der Waals surface area contributed by atoms with Gasteiger partial charge in [0, 0.05) is 6.04 Å². The van der Waals surface area contributed by atoms with Gasteiger partial charge in [-0.2, -0.15) is 0 Å². The second kappa shape index (κ2) is 4.11. The molecule has 2 nitrogen and oxygen atoms in total. The van der Waals surface area contributed by atoms with Crippen LogP contribution in [0, 0.1) is 6.92 Å².